The molecule has 0 aliphatic carbocycles. The van der Waals surface area contributed by atoms with Crippen molar-refractivity contribution in [3.05, 3.63) is 11.4 Å². The van der Waals surface area contributed by atoms with Gasteiger partial charge in [0.05, 0.1) is 11.4 Å². The van der Waals surface area contributed by atoms with Gasteiger partial charge in [0, 0.05) is 26.7 Å². The first-order valence-corrected chi connectivity index (χ1v) is 8.43. The fourth-order valence-electron chi connectivity index (χ4n) is 2.92. The first-order chi connectivity index (χ1) is 9.37. The molecule has 0 aromatic carbocycles. The fourth-order valence-corrected chi connectivity index (χ4v) is 4.87. The minimum Gasteiger partial charge on any atom is -0.396 e. The number of piperidine rings is 1. The van der Waals surface area contributed by atoms with Crippen LogP contribution < -0.4 is 0 Å². The zero-order valence-electron chi connectivity index (χ0n) is 12.3. The van der Waals surface area contributed by atoms with Gasteiger partial charge >= 0.3 is 0 Å². The van der Waals surface area contributed by atoms with E-state index in [1.165, 1.54) is 0 Å². The number of aromatic nitrogens is 2. The van der Waals surface area contributed by atoms with Crippen molar-refractivity contribution in [1.82, 2.24) is 14.1 Å². The van der Waals surface area contributed by atoms with E-state index in [0.29, 0.717) is 35.8 Å². The van der Waals surface area contributed by atoms with Crippen LogP contribution >= 0.6 is 0 Å². The van der Waals surface area contributed by atoms with E-state index in [2.05, 4.69) is 5.10 Å². The van der Waals surface area contributed by atoms with Gasteiger partial charge in [-0.3, -0.25) is 4.68 Å². The molecule has 0 bridgehead atoms. The Kier molecular flexibility index (Phi) is 4.51. The summed E-state index contributed by atoms with van der Waals surface area (Å²) < 4.78 is 28.8. The van der Waals surface area contributed by atoms with Crippen molar-refractivity contribution in [1.29, 1.82) is 0 Å². The summed E-state index contributed by atoms with van der Waals surface area (Å²) >= 11 is 0. The van der Waals surface area contributed by atoms with Crippen LogP contribution in [0, 0.1) is 19.8 Å². The normalized spacial score (nSPS) is 21.3. The molecule has 2 rings (SSSR count). The lowest BCUT2D eigenvalue weighted by Crippen LogP contribution is -2.40. The third kappa shape index (κ3) is 2.75. The largest absolute Gasteiger partial charge is 0.396 e. The van der Waals surface area contributed by atoms with Crippen molar-refractivity contribution in [3.63, 3.8) is 0 Å². The molecule has 1 N–H and O–H groups in total. The summed E-state index contributed by atoms with van der Waals surface area (Å²) in [7, 11) is -1.73. The number of nitrogens with zero attached hydrogens (tertiary/aromatic N) is 3. The van der Waals surface area contributed by atoms with Crippen LogP contribution in [0.3, 0.4) is 0 Å². The van der Waals surface area contributed by atoms with Crippen LogP contribution in [0.1, 0.15) is 30.7 Å². The predicted molar refractivity (Wildman–Crippen MR) is 75.9 cm³/mol. The van der Waals surface area contributed by atoms with Crippen LogP contribution in [0.15, 0.2) is 4.90 Å². The number of aryl methyl sites for hydroxylation is 2. The van der Waals surface area contributed by atoms with E-state index < -0.39 is 10.0 Å². The second-order valence-corrected chi connectivity index (χ2v) is 7.38. The van der Waals surface area contributed by atoms with Gasteiger partial charge in [-0.2, -0.15) is 9.40 Å². The first-order valence-electron chi connectivity index (χ1n) is 6.99. The average Bonchev–Trinajstić information content (AvgIpc) is 2.64. The molecule has 1 aromatic heterocycles. The highest BCUT2D eigenvalue weighted by atomic mass is 32.2. The van der Waals surface area contributed by atoms with Gasteiger partial charge in [0.2, 0.25) is 10.0 Å². The van der Waals surface area contributed by atoms with E-state index in [1.807, 2.05) is 0 Å². The molecule has 6 nitrogen and oxygen atoms in total. The van der Waals surface area contributed by atoms with Crippen molar-refractivity contribution < 1.29 is 13.5 Å². The molecular weight excluding hydrogens is 278 g/mol. The Hall–Kier alpha value is -0.920. The van der Waals surface area contributed by atoms with Gasteiger partial charge in [0.25, 0.3) is 0 Å². The Morgan fingerprint density at radius 2 is 2.10 bits per heavy atom. The summed E-state index contributed by atoms with van der Waals surface area (Å²) in [5.74, 6) is 0.251. The number of aliphatic hydroxyl groups is 1. The molecule has 1 aromatic rings. The molecule has 1 aliphatic rings. The summed E-state index contributed by atoms with van der Waals surface area (Å²) in [4.78, 5) is 0.338. The molecule has 114 valence electrons. The van der Waals surface area contributed by atoms with Gasteiger partial charge in [-0.1, -0.05) is 0 Å². The van der Waals surface area contributed by atoms with E-state index in [9.17, 15) is 8.42 Å². The molecule has 1 unspecified atom stereocenters. The Labute approximate surface area is 120 Å². The van der Waals surface area contributed by atoms with Gasteiger partial charge in [0.15, 0.2) is 0 Å². The van der Waals surface area contributed by atoms with Crippen molar-refractivity contribution in [2.75, 3.05) is 19.7 Å². The third-order valence-electron chi connectivity index (χ3n) is 4.06. The topological polar surface area (TPSA) is 75.4 Å². The smallest absolute Gasteiger partial charge is 0.246 e. The van der Waals surface area contributed by atoms with Gasteiger partial charge in [-0.25, -0.2) is 8.42 Å². The van der Waals surface area contributed by atoms with Crippen LogP contribution in [0.5, 0.6) is 0 Å². The van der Waals surface area contributed by atoms with Crippen molar-refractivity contribution in [3.8, 4) is 0 Å². The second kappa shape index (κ2) is 5.83. The summed E-state index contributed by atoms with van der Waals surface area (Å²) in [6.07, 6.45) is 2.50. The zero-order valence-corrected chi connectivity index (χ0v) is 13.2. The molecule has 1 fully saturated rings. The Bertz CT molecular complexity index is 578. The summed E-state index contributed by atoms with van der Waals surface area (Å²) in [5, 5.41) is 13.2. The lowest BCUT2D eigenvalue weighted by Gasteiger charge is -2.31. The number of sulfonamides is 1. The van der Waals surface area contributed by atoms with E-state index in [4.69, 9.17) is 5.11 Å². The fraction of sp³-hybridized carbons (Fsp3) is 0.769. The van der Waals surface area contributed by atoms with E-state index in [1.54, 1.807) is 29.9 Å². The molecule has 0 radical (unpaired) electrons. The highest BCUT2D eigenvalue weighted by Crippen LogP contribution is 2.28. The Morgan fingerprint density at radius 3 is 2.65 bits per heavy atom. The van der Waals surface area contributed by atoms with Gasteiger partial charge < -0.3 is 5.11 Å². The lowest BCUT2D eigenvalue weighted by molar-refractivity contribution is 0.203. The van der Waals surface area contributed by atoms with Crippen LogP contribution in [-0.2, 0) is 17.1 Å². The molecule has 7 heteroatoms. The molecule has 20 heavy (non-hydrogen) atoms. The molecule has 2 heterocycles. The number of hydrogen-bond donors (Lipinski definition) is 1. The maximum absolute atomic E-state index is 12.8. The number of hydrogen-bond acceptors (Lipinski definition) is 4. The molecule has 0 amide bonds. The summed E-state index contributed by atoms with van der Waals surface area (Å²) in [6, 6.07) is 0. The Balaban J connectivity index is 2.30. The Morgan fingerprint density at radius 1 is 1.40 bits per heavy atom. The van der Waals surface area contributed by atoms with Crippen LogP contribution in [0.25, 0.3) is 0 Å². The minimum atomic E-state index is -3.49. The monoisotopic (exact) mass is 301 g/mol. The minimum absolute atomic E-state index is 0.115. The molecular formula is C13H23N3O3S. The molecule has 1 saturated heterocycles. The lowest BCUT2D eigenvalue weighted by atomic mass is 9.97. The van der Waals surface area contributed by atoms with Gasteiger partial charge in [-0.05, 0) is 39.0 Å². The van der Waals surface area contributed by atoms with Gasteiger partial charge in [-0.15, -0.1) is 0 Å². The van der Waals surface area contributed by atoms with Gasteiger partial charge in [0.1, 0.15) is 4.90 Å². The SMILES string of the molecule is Cc1nn(C)c(C)c1S(=O)(=O)N1CCCC(CCO)C1. The highest BCUT2D eigenvalue weighted by molar-refractivity contribution is 7.89. The van der Waals surface area contributed by atoms with Crippen LogP contribution in [0.2, 0.25) is 0 Å². The second-order valence-electron chi connectivity index (χ2n) is 5.51. The van der Waals surface area contributed by atoms with Crippen molar-refractivity contribution in [2.45, 2.75) is 38.0 Å². The molecule has 0 spiro atoms. The summed E-state index contributed by atoms with van der Waals surface area (Å²) in [6.45, 7) is 4.68. The van der Waals surface area contributed by atoms with Crippen LogP contribution in [0.4, 0.5) is 0 Å². The molecule has 0 saturated carbocycles. The maximum Gasteiger partial charge on any atom is 0.246 e. The standard InChI is InChI=1S/C13H23N3O3S/c1-10-13(11(2)15(3)14-10)20(18,19)16-7-4-5-12(9-16)6-8-17/h12,17H,4-9H2,1-3H3. The number of rotatable bonds is 4. The van der Waals surface area contributed by atoms with E-state index in [0.717, 1.165) is 12.8 Å². The molecule has 1 atom stereocenters. The maximum atomic E-state index is 12.8. The van der Waals surface area contributed by atoms with Crippen molar-refractivity contribution >= 4 is 10.0 Å². The van der Waals surface area contributed by atoms with Crippen molar-refractivity contribution in [2.24, 2.45) is 13.0 Å². The first kappa shape index (κ1) is 15.5. The molecule has 1 aliphatic heterocycles. The highest BCUT2D eigenvalue weighted by Gasteiger charge is 2.33. The zero-order chi connectivity index (χ0) is 14.9. The third-order valence-corrected chi connectivity index (χ3v) is 6.18. The van der Waals surface area contributed by atoms with Crippen LogP contribution in [-0.4, -0.2) is 47.3 Å². The number of aliphatic hydroxyl groups excluding tert-OH is 1. The quantitative estimate of drug-likeness (QED) is 0.893. The predicted octanol–water partition coefficient (Wildman–Crippen LogP) is 0.820. The summed E-state index contributed by atoms with van der Waals surface area (Å²) in [5.41, 5.74) is 1.22. The van der Waals surface area contributed by atoms with E-state index in [-0.39, 0.29) is 12.5 Å². The average molecular weight is 301 g/mol. The van der Waals surface area contributed by atoms with E-state index >= 15 is 0 Å².